The van der Waals surface area contributed by atoms with Crippen LogP contribution in [-0.4, -0.2) is 32.3 Å². The Hall–Kier alpha value is -2.80. The Balaban J connectivity index is 1.51. The van der Waals surface area contributed by atoms with E-state index in [1.54, 1.807) is 35.1 Å². The van der Waals surface area contributed by atoms with Crippen LogP contribution in [0, 0.1) is 5.82 Å². The van der Waals surface area contributed by atoms with Gasteiger partial charge in [0, 0.05) is 24.7 Å². The Morgan fingerprint density at radius 1 is 1.16 bits per heavy atom. The molecule has 2 aromatic heterocycles. The lowest BCUT2D eigenvalue weighted by molar-refractivity contribution is -0.129. The average Bonchev–Trinajstić information content (AvgIpc) is 3.27. The summed E-state index contributed by atoms with van der Waals surface area (Å²) in [6.45, 7) is 0.186. The van der Waals surface area contributed by atoms with Crippen LogP contribution in [0.2, 0.25) is 0 Å². The maximum Gasteiger partial charge on any atom is 0.272 e. The van der Waals surface area contributed by atoms with Crippen LogP contribution in [0.15, 0.2) is 47.1 Å². The Morgan fingerprint density at radius 2 is 1.88 bits per heavy atom. The van der Waals surface area contributed by atoms with E-state index in [1.165, 1.54) is 29.9 Å². The smallest absolute Gasteiger partial charge is 0.272 e. The number of hydrogen-bond donors (Lipinski definition) is 1. The SMILES string of the molecule is O=C1c2cc3occc3n2CC(Cl)(C(=O)NC2CCCCCC2)N1Cc1ccc(F)cc1. The van der Waals surface area contributed by atoms with Crippen LogP contribution in [0.25, 0.3) is 11.1 Å². The Labute approximate surface area is 190 Å². The van der Waals surface area contributed by atoms with Crippen LogP contribution in [0.1, 0.15) is 54.6 Å². The fraction of sp³-hybridized carbons (Fsp3) is 0.417. The van der Waals surface area contributed by atoms with Crippen molar-refractivity contribution < 1.29 is 18.4 Å². The van der Waals surface area contributed by atoms with Gasteiger partial charge in [-0.25, -0.2) is 4.39 Å². The lowest BCUT2D eigenvalue weighted by atomic mass is 10.0. The topological polar surface area (TPSA) is 67.5 Å². The van der Waals surface area contributed by atoms with E-state index in [2.05, 4.69) is 5.32 Å². The molecule has 168 valence electrons. The summed E-state index contributed by atoms with van der Waals surface area (Å²) in [6.07, 6.45) is 7.83. The summed E-state index contributed by atoms with van der Waals surface area (Å²) in [5, 5.41) is 3.12. The maximum absolute atomic E-state index is 13.6. The molecule has 2 amide bonds. The van der Waals surface area contributed by atoms with Crippen molar-refractivity contribution in [3.8, 4) is 0 Å². The number of nitrogens with one attached hydrogen (secondary N) is 1. The summed E-state index contributed by atoms with van der Waals surface area (Å²) in [4.78, 5) is 26.9. The number of halogens is 2. The highest BCUT2D eigenvalue weighted by Crippen LogP contribution is 2.36. The number of fused-ring (bicyclic) bond motifs is 3. The summed E-state index contributed by atoms with van der Waals surface area (Å²) in [5.41, 5.74) is 2.40. The molecule has 1 unspecified atom stereocenters. The summed E-state index contributed by atoms with van der Waals surface area (Å²) in [6, 6.07) is 9.36. The van der Waals surface area contributed by atoms with Crippen molar-refractivity contribution in [3.05, 3.63) is 59.7 Å². The molecule has 8 heteroatoms. The molecular weight excluding hydrogens is 433 g/mol. The lowest BCUT2D eigenvalue weighted by Gasteiger charge is -2.42. The number of amides is 2. The first kappa shape index (κ1) is 21.1. The minimum Gasteiger partial charge on any atom is -0.463 e. The maximum atomic E-state index is 13.6. The number of nitrogens with zero attached hydrogens (tertiary/aromatic N) is 2. The van der Waals surface area contributed by atoms with Gasteiger partial charge in [0.1, 0.15) is 11.5 Å². The van der Waals surface area contributed by atoms with Gasteiger partial charge in [-0.2, -0.15) is 0 Å². The molecule has 1 atom stereocenters. The number of benzene rings is 1. The predicted molar refractivity (Wildman–Crippen MR) is 119 cm³/mol. The summed E-state index contributed by atoms with van der Waals surface area (Å²) in [7, 11) is 0. The van der Waals surface area contributed by atoms with Gasteiger partial charge < -0.3 is 19.2 Å². The summed E-state index contributed by atoms with van der Waals surface area (Å²) >= 11 is 7.05. The Bertz CT molecular complexity index is 1150. The molecule has 5 rings (SSSR count). The molecule has 0 spiro atoms. The molecule has 3 aromatic rings. The van der Waals surface area contributed by atoms with Crippen LogP contribution < -0.4 is 5.32 Å². The van der Waals surface area contributed by atoms with Gasteiger partial charge in [-0.05, 0) is 30.5 Å². The zero-order chi connectivity index (χ0) is 22.3. The third-order valence-corrected chi connectivity index (χ3v) is 7.07. The first-order chi connectivity index (χ1) is 15.5. The molecular formula is C24H25ClFN3O3. The molecule has 0 saturated heterocycles. The first-order valence-electron chi connectivity index (χ1n) is 11.1. The highest BCUT2D eigenvalue weighted by Gasteiger charge is 2.50. The third-order valence-electron chi connectivity index (χ3n) is 6.57. The van der Waals surface area contributed by atoms with E-state index >= 15 is 0 Å². The van der Waals surface area contributed by atoms with E-state index in [9.17, 15) is 14.0 Å². The molecule has 3 heterocycles. The zero-order valence-corrected chi connectivity index (χ0v) is 18.4. The molecule has 0 bridgehead atoms. The number of carbonyl (C=O) groups excluding carboxylic acids is 2. The molecule has 1 aliphatic heterocycles. The second-order valence-corrected chi connectivity index (χ2v) is 9.35. The molecule has 1 N–H and O–H groups in total. The number of alkyl halides is 1. The zero-order valence-electron chi connectivity index (χ0n) is 17.7. The van der Waals surface area contributed by atoms with Gasteiger partial charge in [0.05, 0.1) is 18.3 Å². The highest BCUT2D eigenvalue weighted by atomic mass is 35.5. The summed E-state index contributed by atoms with van der Waals surface area (Å²) < 4.78 is 20.6. The second kappa shape index (κ2) is 8.28. The molecule has 6 nitrogen and oxygen atoms in total. The molecule has 0 radical (unpaired) electrons. The van der Waals surface area contributed by atoms with Gasteiger partial charge in [-0.1, -0.05) is 49.4 Å². The lowest BCUT2D eigenvalue weighted by Crippen LogP contribution is -2.63. The van der Waals surface area contributed by atoms with Crippen molar-refractivity contribution in [2.75, 3.05) is 0 Å². The van der Waals surface area contributed by atoms with Gasteiger partial charge in [0.25, 0.3) is 11.8 Å². The fourth-order valence-corrected chi connectivity index (χ4v) is 5.11. The summed E-state index contributed by atoms with van der Waals surface area (Å²) in [5.74, 6) is -1.10. The standard InChI is InChI=1S/C24H25ClFN3O3/c25-24(23(31)27-18-5-3-1-2-4-6-18)15-28-19-11-12-32-21(19)13-20(28)22(30)29(24)14-16-7-9-17(26)10-8-16/h7-13,18H,1-6,14-15H2,(H,27,31). The van der Waals surface area contributed by atoms with Crippen LogP contribution in [-0.2, 0) is 17.9 Å². The minimum atomic E-state index is -1.62. The van der Waals surface area contributed by atoms with Gasteiger partial charge >= 0.3 is 0 Å². The minimum absolute atomic E-state index is 0.0448. The highest BCUT2D eigenvalue weighted by molar-refractivity contribution is 6.36. The molecule has 1 fully saturated rings. The van der Waals surface area contributed by atoms with Crippen molar-refractivity contribution >= 4 is 34.5 Å². The van der Waals surface area contributed by atoms with E-state index in [4.69, 9.17) is 16.0 Å². The predicted octanol–water partition coefficient (Wildman–Crippen LogP) is 4.80. The third kappa shape index (κ3) is 3.68. The molecule has 32 heavy (non-hydrogen) atoms. The van der Waals surface area contributed by atoms with Crippen LogP contribution in [0.3, 0.4) is 0 Å². The van der Waals surface area contributed by atoms with Crippen LogP contribution >= 0.6 is 11.6 Å². The van der Waals surface area contributed by atoms with Crippen molar-refractivity contribution in [2.45, 2.75) is 62.7 Å². The molecule has 1 saturated carbocycles. The number of aromatic nitrogens is 1. The van der Waals surface area contributed by atoms with Crippen LogP contribution in [0.4, 0.5) is 4.39 Å². The Kier molecular flexibility index (Phi) is 5.45. The number of rotatable bonds is 4. The normalized spacial score (nSPS) is 22.1. The van der Waals surface area contributed by atoms with Gasteiger partial charge in [-0.3, -0.25) is 9.59 Å². The van der Waals surface area contributed by atoms with E-state index in [1.807, 2.05) is 0 Å². The quantitative estimate of drug-likeness (QED) is 0.347. The molecule has 2 aliphatic rings. The van der Waals surface area contributed by atoms with Gasteiger partial charge in [-0.15, -0.1) is 0 Å². The first-order valence-corrected chi connectivity index (χ1v) is 11.5. The number of carbonyl (C=O) groups is 2. The van der Waals surface area contributed by atoms with Crippen molar-refractivity contribution in [2.24, 2.45) is 0 Å². The van der Waals surface area contributed by atoms with Crippen LogP contribution in [0.5, 0.6) is 0 Å². The van der Waals surface area contributed by atoms with Gasteiger partial charge in [0.15, 0.2) is 5.58 Å². The van der Waals surface area contributed by atoms with E-state index in [0.717, 1.165) is 31.2 Å². The van der Waals surface area contributed by atoms with Gasteiger partial charge in [0.2, 0.25) is 5.00 Å². The largest absolute Gasteiger partial charge is 0.463 e. The Morgan fingerprint density at radius 3 is 2.59 bits per heavy atom. The monoisotopic (exact) mass is 457 g/mol. The molecule has 1 aromatic carbocycles. The fourth-order valence-electron chi connectivity index (χ4n) is 4.80. The second-order valence-electron chi connectivity index (χ2n) is 8.72. The van der Waals surface area contributed by atoms with E-state index in [-0.39, 0.29) is 36.8 Å². The average molecular weight is 458 g/mol. The van der Waals surface area contributed by atoms with Crippen molar-refractivity contribution in [1.82, 2.24) is 14.8 Å². The van der Waals surface area contributed by atoms with Crippen molar-refractivity contribution in [1.29, 1.82) is 0 Å². The number of furan rings is 1. The van der Waals surface area contributed by atoms with E-state index in [0.29, 0.717) is 16.8 Å². The van der Waals surface area contributed by atoms with E-state index < -0.39 is 5.00 Å². The molecule has 1 aliphatic carbocycles. The number of hydrogen-bond acceptors (Lipinski definition) is 3. The van der Waals surface area contributed by atoms with Crippen molar-refractivity contribution in [3.63, 3.8) is 0 Å².